The van der Waals surface area contributed by atoms with Gasteiger partial charge in [0.15, 0.2) is 5.96 Å². The fourth-order valence-corrected chi connectivity index (χ4v) is 4.13. The quantitative estimate of drug-likeness (QED) is 0.390. The molecule has 6 nitrogen and oxygen atoms in total. The topological polar surface area (TPSA) is 56.7 Å². The Hall–Kier alpha value is -1.97. The van der Waals surface area contributed by atoms with Crippen molar-refractivity contribution in [2.45, 2.75) is 24.7 Å². The van der Waals surface area contributed by atoms with E-state index < -0.39 is 0 Å². The number of benzene rings is 1. The first-order valence-corrected chi connectivity index (χ1v) is 9.94. The molecule has 0 radical (unpaired) electrons. The molecular formula is C21H28FIN6. The molecule has 0 bridgehead atoms. The zero-order valence-electron chi connectivity index (χ0n) is 16.7. The summed E-state index contributed by atoms with van der Waals surface area (Å²) in [6, 6.07) is 8.82. The molecule has 0 atom stereocenters. The van der Waals surface area contributed by atoms with Gasteiger partial charge in [-0.15, -0.1) is 24.0 Å². The average molecular weight is 510 g/mol. The van der Waals surface area contributed by atoms with Crippen LogP contribution in [-0.4, -0.2) is 60.6 Å². The van der Waals surface area contributed by atoms with Crippen molar-refractivity contribution in [3.8, 4) is 0 Å². The Morgan fingerprint density at radius 3 is 2.31 bits per heavy atom. The van der Waals surface area contributed by atoms with Gasteiger partial charge in [0.05, 0.1) is 0 Å². The summed E-state index contributed by atoms with van der Waals surface area (Å²) in [7, 11) is 1.83. The molecule has 2 aromatic rings. The van der Waals surface area contributed by atoms with E-state index in [2.05, 4.69) is 30.1 Å². The van der Waals surface area contributed by atoms with Crippen LogP contribution >= 0.6 is 24.0 Å². The van der Waals surface area contributed by atoms with Crippen LogP contribution in [0, 0.1) is 5.82 Å². The SMILES string of the molecule is CN=C(NCC1(c2ccc(F)cc2)CCC1)N1CCN(c2ncccn2)CC1.I. The Kier molecular flexibility index (Phi) is 7.26. The predicted molar refractivity (Wildman–Crippen MR) is 125 cm³/mol. The van der Waals surface area contributed by atoms with E-state index in [4.69, 9.17) is 0 Å². The second-order valence-electron chi connectivity index (χ2n) is 7.56. The highest BCUT2D eigenvalue weighted by Crippen LogP contribution is 2.43. The highest BCUT2D eigenvalue weighted by molar-refractivity contribution is 14.0. The first-order chi connectivity index (χ1) is 13.7. The van der Waals surface area contributed by atoms with Gasteiger partial charge in [-0.3, -0.25) is 4.99 Å². The van der Waals surface area contributed by atoms with Gasteiger partial charge in [-0.25, -0.2) is 14.4 Å². The van der Waals surface area contributed by atoms with E-state index in [0.717, 1.165) is 57.5 Å². The number of piperazine rings is 1. The number of hydrogen-bond acceptors (Lipinski definition) is 4. The van der Waals surface area contributed by atoms with E-state index in [1.165, 1.54) is 12.0 Å². The lowest BCUT2D eigenvalue weighted by molar-refractivity contribution is 0.239. The highest BCUT2D eigenvalue weighted by Gasteiger charge is 2.39. The van der Waals surface area contributed by atoms with Crippen LogP contribution in [-0.2, 0) is 5.41 Å². The lowest BCUT2D eigenvalue weighted by Gasteiger charge is -2.44. The molecule has 2 fully saturated rings. The molecule has 8 heteroatoms. The first-order valence-electron chi connectivity index (χ1n) is 9.94. The summed E-state index contributed by atoms with van der Waals surface area (Å²) >= 11 is 0. The summed E-state index contributed by atoms with van der Waals surface area (Å²) in [5.41, 5.74) is 1.30. The summed E-state index contributed by atoms with van der Waals surface area (Å²) in [4.78, 5) is 17.7. The zero-order chi connectivity index (χ0) is 19.4. The second-order valence-corrected chi connectivity index (χ2v) is 7.56. The third-order valence-electron chi connectivity index (χ3n) is 5.98. The van der Waals surface area contributed by atoms with Crippen LogP contribution in [0.5, 0.6) is 0 Å². The van der Waals surface area contributed by atoms with E-state index in [1.807, 2.05) is 25.2 Å². The number of nitrogens with one attached hydrogen (secondary N) is 1. The minimum atomic E-state index is -0.178. The molecule has 1 aliphatic heterocycles. The maximum atomic E-state index is 13.3. The number of hydrogen-bond donors (Lipinski definition) is 1. The molecule has 0 amide bonds. The fraction of sp³-hybridized carbons (Fsp3) is 0.476. The molecule has 1 aromatic carbocycles. The van der Waals surface area contributed by atoms with Gasteiger partial charge in [-0.2, -0.15) is 0 Å². The van der Waals surface area contributed by atoms with Crippen molar-refractivity contribution in [1.82, 2.24) is 20.2 Å². The van der Waals surface area contributed by atoms with Crippen LogP contribution in [0.15, 0.2) is 47.7 Å². The molecule has 1 aromatic heterocycles. The minimum absolute atomic E-state index is 0. The van der Waals surface area contributed by atoms with E-state index in [9.17, 15) is 4.39 Å². The maximum Gasteiger partial charge on any atom is 0.225 e. The van der Waals surface area contributed by atoms with E-state index in [1.54, 1.807) is 24.5 Å². The second kappa shape index (κ2) is 9.69. The van der Waals surface area contributed by atoms with E-state index in [0.29, 0.717) is 0 Å². The predicted octanol–water partition coefficient (Wildman–Crippen LogP) is 3.05. The van der Waals surface area contributed by atoms with E-state index in [-0.39, 0.29) is 35.2 Å². The van der Waals surface area contributed by atoms with Crippen molar-refractivity contribution in [1.29, 1.82) is 0 Å². The van der Waals surface area contributed by atoms with Crippen molar-refractivity contribution in [3.05, 3.63) is 54.1 Å². The van der Waals surface area contributed by atoms with Crippen LogP contribution in [0.4, 0.5) is 10.3 Å². The van der Waals surface area contributed by atoms with Crippen molar-refractivity contribution in [2.75, 3.05) is 44.7 Å². The summed E-state index contributed by atoms with van der Waals surface area (Å²) in [5, 5.41) is 3.58. The zero-order valence-corrected chi connectivity index (χ0v) is 19.1. The van der Waals surface area contributed by atoms with Gasteiger partial charge in [0.1, 0.15) is 5.82 Å². The van der Waals surface area contributed by atoms with Crippen LogP contribution in [0.3, 0.4) is 0 Å². The number of aliphatic imine (C=N–C) groups is 1. The lowest BCUT2D eigenvalue weighted by Crippen LogP contribution is -2.55. The van der Waals surface area contributed by atoms with Gasteiger partial charge in [-0.05, 0) is 36.6 Å². The van der Waals surface area contributed by atoms with Gasteiger partial charge < -0.3 is 15.1 Å². The summed E-state index contributed by atoms with van der Waals surface area (Å²) in [6.07, 6.45) is 7.03. The molecule has 1 N–H and O–H groups in total. The monoisotopic (exact) mass is 510 g/mol. The molecule has 4 rings (SSSR count). The number of halogens is 2. The van der Waals surface area contributed by atoms with Crippen molar-refractivity contribution in [3.63, 3.8) is 0 Å². The molecule has 2 heterocycles. The Balaban J connectivity index is 0.00000240. The highest BCUT2D eigenvalue weighted by atomic mass is 127. The van der Waals surface area contributed by atoms with E-state index >= 15 is 0 Å². The van der Waals surface area contributed by atoms with Crippen LogP contribution < -0.4 is 10.2 Å². The van der Waals surface area contributed by atoms with Crippen LogP contribution in [0.1, 0.15) is 24.8 Å². The number of anilines is 1. The normalized spacial score (nSPS) is 18.6. The third kappa shape index (κ3) is 4.79. The molecule has 2 aliphatic rings. The van der Waals surface area contributed by atoms with Gasteiger partial charge in [0.2, 0.25) is 5.95 Å². The van der Waals surface area contributed by atoms with Crippen LogP contribution in [0.25, 0.3) is 0 Å². The molecule has 1 saturated heterocycles. The Labute approximate surface area is 188 Å². The molecular weight excluding hydrogens is 482 g/mol. The summed E-state index contributed by atoms with van der Waals surface area (Å²) < 4.78 is 13.3. The van der Waals surface area contributed by atoms with Gasteiger partial charge in [0, 0.05) is 57.6 Å². The van der Waals surface area contributed by atoms with Crippen molar-refractivity contribution in [2.24, 2.45) is 4.99 Å². The van der Waals surface area contributed by atoms with Crippen molar-refractivity contribution >= 4 is 35.9 Å². The third-order valence-corrected chi connectivity index (χ3v) is 5.98. The number of rotatable bonds is 4. The molecule has 1 saturated carbocycles. The molecule has 1 aliphatic carbocycles. The average Bonchev–Trinajstić information content (AvgIpc) is 2.72. The van der Waals surface area contributed by atoms with Gasteiger partial charge in [0.25, 0.3) is 0 Å². The van der Waals surface area contributed by atoms with Crippen molar-refractivity contribution < 1.29 is 4.39 Å². The Morgan fingerprint density at radius 2 is 1.76 bits per heavy atom. The molecule has 0 unspecified atom stereocenters. The fourth-order valence-electron chi connectivity index (χ4n) is 4.13. The lowest BCUT2D eigenvalue weighted by atomic mass is 9.64. The Morgan fingerprint density at radius 1 is 1.10 bits per heavy atom. The van der Waals surface area contributed by atoms with Gasteiger partial charge >= 0.3 is 0 Å². The number of nitrogens with zero attached hydrogens (tertiary/aromatic N) is 5. The maximum absolute atomic E-state index is 13.3. The largest absolute Gasteiger partial charge is 0.355 e. The molecule has 29 heavy (non-hydrogen) atoms. The molecule has 0 spiro atoms. The van der Waals surface area contributed by atoms with Gasteiger partial charge in [-0.1, -0.05) is 18.6 Å². The number of aromatic nitrogens is 2. The minimum Gasteiger partial charge on any atom is -0.355 e. The van der Waals surface area contributed by atoms with Crippen LogP contribution in [0.2, 0.25) is 0 Å². The first kappa shape index (κ1) is 21.7. The summed E-state index contributed by atoms with van der Waals surface area (Å²) in [5.74, 6) is 1.54. The standard InChI is InChI=1S/C21H27FN6.HI/c1-23-19(27-12-14-28(15-13-27)20-24-10-3-11-25-20)26-16-21(8-2-9-21)17-4-6-18(22)7-5-17;/h3-7,10-11H,2,8-9,12-16H2,1H3,(H,23,26);1H. The number of guanidine groups is 1. The smallest absolute Gasteiger partial charge is 0.225 e. The molecule has 156 valence electrons. The Bertz CT molecular complexity index is 802. The summed E-state index contributed by atoms with van der Waals surface area (Å²) in [6.45, 7) is 4.32.